The molecule has 0 radical (unpaired) electrons. The Morgan fingerprint density at radius 2 is 1.75 bits per heavy atom. The molecule has 1 aliphatic rings. The largest absolute Gasteiger partial charge is 0.388 e. The second-order valence-corrected chi connectivity index (χ2v) is 7.10. The van der Waals surface area contributed by atoms with Gasteiger partial charge in [-0.2, -0.15) is 5.26 Å². The van der Waals surface area contributed by atoms with Crippen LogP contribution in [-0.2, 0) is 6.42 Å². The number of nitrogens with zero attached hydrogens (tertiary/aromatic N) is 1. The summed E-state index contributed by atoms with van der Waals surface area (Å²) in [6.07, 6.45) is 6.61. The van der Waals surface area contributed by atoms with Gasteiger partial charge < -0.3 is 5.11 Å². The first kappa shape index (κ1) is 15.5. The molecule has 1 aromatic rings. The third-order valence-corrected chi connectivity index (χ3v) is 5.19. The molecule has 1 aliphatic carbocycles. The lowest BCUT2D eigenvalue weighted by Crippen LogP contribution is -2.46. The molecule has 0 aromatic heterocycles. The summed E-state index contributed by atoms with van der Waals surface area (Å²) in [4.78, 5) is 0. The lowest BCUT2D eigenvalue weighted by molar-refractivity contribution is -0.0469. The molecular weight excluding hydrogens is 314 g/mol. The van der Waals surface area contributed by atoms with Gasteiger partial charge in [0.15, 0.2) is 0 Å². The number of rotatable bonds is 3. The first-order chi connectivity index (χ1) is 9.49. The van der Waals surface area contributed by atoms with Crippen molar-refractivity contribution in [3.8, 4) is 6.07 Å². The SMILES string of the molecule is CC(O)(Cc1ccc(Br)cc1)C1(C#N)CCCCCC1. The lowest BCUT2D eigenvalue weighted by Gasteiger charge is -2.40. The summed E-state index contributed by atoms with van der Waals surface area (Å²) in [5, 5.41) is 20.7. The van der Waals surface area contributed by atoms with Gasteiger partial charge in [0.1, 0.15) is 0 Å². The summed E-state index contributed by atoms with van der Waals surface area (Å²) < 4.78 is 1.03. The van der Waals surface area contributed by atoms with E-state index in [2.05, 4.69) is 22.0 Å². The predicted molar refractivity (Wildman–Crippen MR) is 84.2 cm³/mol. The maximum absolute atomic E-state index is 11.0. The average Bonchev–Trinajstić information content (AvgIpc) is 2.68. The van der Waals surface area contributed by atoms with Gasteiger partial charge in [0.2, 0.25) is 0 Å². The fourth-order valence-electron chi connectivity index (χ4n) is 3.27. The molecule has 1 atom stereocenters. The monoisotopic (exact) mass is 335 g/mol. The number of benzene rings is 1. The minimum Gasteiger partial charge on any atom is -0.388 e. The Morgan fingerprint density at radius 3 is 2.25 bits per heavy atom. The van der Waals surface area contributed by atoms with E-state index in [9.17, 15) is 10.4 Å². The molecule has 0 spiro atoms. The Balaban J connectivity index is 2.22. The van der Waals surface area contributed by atoms with Crippen LogP contribution >= 0.6 is 15.9 Å². The normalized spacial score (nSPS) is 21.5. The van der Waals surface area contributed by atoms with Crippen LogP contribution in [0.25, 0.3) is 0 Å². The van der Waals surface area contributed by atoms with E-state index in [-0.39, 0.29) is 0 Å². The molecule has 0 amide bonds. The van der Waals surface area contributed by atoms with E-state index in [4.69, 9.17) is 0 Å². The Kier molecular flexibility index (Phi) is 4.88. The highest BCUT2D eigenvalue weighted by Gasteiger charge is 2.47. The van der Waals surface area contributed by atoms with Gasteiger partial charge in [-0.25, -0.2) is 0 Å². The van der Waals surface area contributed by atoms with Crippen LogP contribution in [0.15, 0.2) is 28.7 Å². The van der Waals surface area contributed by atoms with Gasteiger partial charge >= 0.3 is 0 Å². The van der Waals surface area contributed by atoms with Crippen LogP contribution in [0.5, 0.6) is 0 Å². The van der Waals surface area contributed by atoms with Gasteiger partial charge in [0.05, 0.1) is 17.1 Å². The van der Waals surface area contributed by atoms with Gasteiger partial charge in [-0.3, -0.25) is 0 Å². The van der Waals surface area contributed by atoms with Crippen LogP contribution in [0.2, 0.25) is 0 Å². The maximum atomic E-state index is 11.0. The molecule has 0 heterocycles. The lowest BCUT2D eigenvalue weighted by atomic mass is 9.66. The first-order valence-corrected chi connectivity index (χ1v) is 8.16. The Labute approximate surface area is 129 Å². The summed E-state index contributed by atoms with van der Waals surface area (Å²) in [5.41, 5.74) is -0.492. The van der Waals surface area contributed by atoms with Crippen LogP contribution in [0, 0.1) is 16.7 Å². The predicted octanol–water partition coefficient (Wildman–Crippen LogP) is 4.61. The highest BCUT2D eigenvalue weighted by atomic mass is 79.9. The number of aliphatic hydroxyl groups is 1. The van der Waals surface area contributed by atoms with Crippen molar-refractivity contribution in [1.29, 1.82) is 5.26 Å². The highest BCUT2D eigenvalue weighted by Crippen LogP contribution is 2.44. The molecule has 0 bridgehead atoms. The topological polar surface area (TPSA) is 44.0 Å². The zero-order chi connectivity index (χ0) is 14.6. The van der Waals surface area contributed by atoms with Crippen molar-refractivity contribution >= 4 is 15.9 Å². The Morgan fingerprint density at radius 1 is 1.20 bits per heavy atom. The summed E-state index contributed by atoms with van der Waals surface area (Å²) in [7, 11) is 0. The van der Waals surface area contributed by atoms with Crippen LogP contribution in [0.3, 0.4) is 0 Å². The summed E-state index contributed by atoms with van der Waals surface area (Å²) in [6.45, 7) is 1.84. The Hall–Kier alpha value is -0.850. The number of halogens is 1. The van der Waals surface area contributed by atoms with Crippen LogP contribution in [0.4, 0.5) is 0 Å². The average molecular weight is 336 g/mol. The molecule has 1 saturated carbocycles. The summed E-state index contributed by atoms with van der Waals surface area (Å²) in [6, 6.07) is 10.5. The van der Waals surface area contributed by atoms with Crippen molar-refractivity contribution in [1.82, 2.24) is 0 Å². The van der Waals surface area contributed by atoms with E-state index in [1.165, 1.54) is 12.8 Å². The number of hydrogen-bond acceptors (Lipinski definition) is 2. The first-order valence-electron chi connectivity index (χ1n) is 7.37. The molecule has 1 aromatic carbocycles. The van der Waals surface area contributed by atoms with E-state index in [1.807, 2.05) is 31.2 Å². The minimum atomic E-state index is -0.972. The van der Waals surface area contributed by atoms with Gasteiger partial charge in [-0.15, -0.1) is 0 Å². The summed E-state index contributed by atoms with van der Waals surface area (Å²) in [5.74, 6) is 0. The zero-order valence-corrected chi connectivity index (χ0v) is 13.6. The van der Waals surface area contributed by atoms with Gasteiger partial charge in [-0.05, 0) is 37.5 Å². The minimum absolute atomic E-state index is 0.536. The standard InChI is InChI=1S/C17H22BrNO/c1-16(20,12-14-6-8-15(18)9-7-14)17(13-19)10-4-2-3-5-11-17/h6-9,20H,2-5,10-12H2,1H3. The van der Waals surface area contributed by atoms with Crippen LogP contribution < -0.4 is 0 Å². The molecule has 20 heavy (non-hydrogen) atoms. The second-order valence-electron chi connectivity index (χ2n) is 6.19. The van der Waals surface area contributed by atoms with E-state index in [0.29, 0.717) is 6.42 Å². The van der Waals surface area contributed by atoms with Crippen LogP contribution in [0.1, 0.15) is 51.0 Å². The molecule has 1 N–H and O–H groups in total. The van der Waals surface area contributed by atoms with Gasteiger partial charge in [-0.1, -0.05) is 53.7 Å². The maximum Gasteiger partial charge on any atom is 0.0860 e. The van der Waals surface area contributed by atoms with E-state index in [1.54, 1.807) is 0 Å². The van der Waals surface area contributed by atoms with Crippen molar-refractivity contribution in [3.63, 3.8) is 0 Å². The highest BCUT2D eigenvalue weighted by molar-refractivity contribution is 9.10. The molecule has 1 fully saturated rings. The molecule has 0 saturated heterocycles. The van der Waals surface area contributed by atoms with E-state index in [0.717, 1.165) is 35.7 Å². The molecule has 2 rings (SSSR count). The summed E-state index contributed by atoms with van der Waals surface area (Å²) >= 11 is 3.42. The molecule has 108 valence electrons. The second kappa shape index (κ2) is 6.28. The molecule has 0 aliphatic heterocycles. The van der Waals surface area contributed by atoms with Crippen molar-refractivity contribution in [2.24, 2.45) is 5.41 Å². The van der Waals surface area contributed by atoms with Crippen molar-refractivity contribution in [2.45, 2.75) is 57.5 Å². The fraction of sp³-hybridized carbons (Fsp3) is 0.588. The third kappa shape index (κ3) is 3.24. The van der Waals surface area contributed by atoms with Crippen molar-refractivity contribution in [2.75, 3.05) is 0 Å². The van der Waals surface area contributed by atoms with Gasteiger partial charge in [0, 0.05) is 10.9 Å². The molecule has 2 nitrogen and oxygen atoms in total. The fourth-order valence-corrected chi connectivity index (χ4v) is 3.54. The number of nitriles is 1. The number of hydrogen-bond donors (Lipinski definition) is 1. The Bertz CT molecular complexity index is 479. The van der Waals surface area contributed by atoms with E-state index < -0.39 is 11.0 Å². The van der Waals surface area contributed by atoms with Crippen molar-refractivity contribution in [3.05, 3.63) is 34.3 Å². The van der Waals surface area contributed by atoms with Crippen LogP contribution in [-0.4, -0.2) is 10.7 Å². The quantitative estimate of drug-likeness (QED) is 0.820. The van der Waals surface area contributed by atoms with E-state index >= 15 is 0 Å². The van der Waals surface area contributed by atoms with Gasteiger partial charge in [0.25, 0.3) is 0 Å². The smallest absolute Gasteiger partial charge is 0.0860 e. The third-order valence-electron chi connectivity index (χ3n) is 4.66. The molecule has 3 heteroatoms. The molecule has 1 unspecified atom stereocenters. The molecular formula is C17H22BrNO. The zero-order valence-electron chi connectivity index (χ0n) is 12.0. The van der Waals surface area contributed by atoms with Crippen molar-refractivity contribution < 1.29 is 5.11 Å².